The summed E-state index contributed by atoms with van der Waals surface area (Å²) >= 11 is 0. The predicted octanol–water partition coefficient (Wildman–Crippen LogP) is 2.30. The normalized spacial score (nSPS) is 49.3. The van der Waals surface area contributed by atoms with Crippen molar-refractivity contribution in [2.24, 2.45) is 35.3 Å². The average Bonchev–Trinajstić information content (AvgIpc) is 2.95. The van der Waals surface area contributed by atoms with Gasteiger partial charge in [0.05, 0.1) is 0 Å². The lowest BCUT2D eigenvalue weighted by atomic mass is 9.72. The van der Waals surface area contributed by atoms with Crippen LogP contribution in [0.3, 0.4) is 0 Å². The molecule has 7 atom stereocenters. The summed E-state index contributed by atoms with van der Waals surface area (Å²) in [6.07, 6.45) is 7.25. The number of carbonyl (C=O) groups excluding carboxylic acids is 1. The zero-order valence-electron chi connectivity index (χ0n) is 12.3. The number of nitrogens with two attached hydrogens (primary N) is 1. The van der Waals surface area contributed by atoms with E-state index in [9.17, 15) is 4.79 Å². The molecule has 3 fully saturated rings. The SMILES string of the molecule is CC1CC(C)C(C(=O)NC2CC3CCC2C3)CC1N. The largest absolute Gasteiger partial charge is 0.353 e. The third-order valence-corrected chi connectivity index (χ3v) is 6.09. The Morgan fingerprint density at radius 3 is 2.47 bits per heavy atom. The first kappa shape index (κ1) is 13.4. The first-order valence-corrected chi connectivity index (χ1v) is 8.10. The van der Waals surface area contributed by atoms with Crippen LogP contribution in [0.2, 0.25) is 0 Å². The van der Waals surface area contributed by atoms with Gasteiger partial charge in [-0.25, -0.2) is 0 Å². The van der Waals surface area contributed by atoms with Gasteiger partial charge >= 0.3 is 0 Å². The number of fused-ring (bicyclic) bond motifs is 2. The molecule has 3 nitrogen and oxygen atoms in total. The van der Waals surface area contributed by atoms with E-state index in [2.05, 4.69) is 19.2 Å². The molecule has 3 aliphatic carbocycles. The van der Waals surface area contributed by atoms with Crippen LogP contribution in [0.5, 0.6) is 0 Å². The van der Waals surface area contributed by atoms with Crippen LogP contribution in [0.15, 0.2) is 0 Å². The Morgan fingerprint density at radius 2 is 1.84 bits per heavy atom. The molecule has 1 amide bonds. The zero-order chi connectivity index (χ0) is 13.6. The first-order valence-electron chi connectivity index (χ1n) is 8.10. The van der Waals surface area contributed by atoms with Crippen LogP contribution >= 0.6 is 0 Å². The van der Waals surface area contributed by atoms with Gasteiger partial charge in [-0.3, -0.25) is 4.79 Å². The minimum atomic E-state index is 0.144. The summed E-state index contributed by atoms with van der Waals surface area (Å²) in [5, 5.41) is 3.35. The fraction of sp³-hybridized carbons (Fsp3) is 0.938. The van der Waals surface area contributed by atoms with Crippen molar-refractivity contribution in [1.29, 1.82) is 0 Å². The second-order valence-corrected chi connectivity index (χ2v) is 7.49. The summed E-state index contributed by atoms with van der Waals surface area (Å²) in [5.74, 6) is 3.12. The van der Waals surface area contributed by atoms with Gasteiger partial charge in [-0.2, -0.15) is 0 Å². The van der Waals surface area contributed by atoms with E-state index >= 15 is 0 Å². The van der Waals surface area contributed by atoms with E-state index < -0.39 is 0 Å². The average molecular weight is 264 g/mol. The monoisotopic (exact) mass is 264 g/mol. The molecule has 7 unspecified atom stereocenters. The van der Waals surface area contributed by atoms with Crippen molar-refractivity contribution in [2.45, 2.75) is 64.5 Å². The van der Waals surface area contributed by atoms with Gasteiger partial charge in [0.15, 0.2) is 0 Å². The Hall–Kier alpha value is -0.570. The minimum absolute atomic E-state index is 0.144. The first-order chi connectivity index (χ1) is 9.04. The Balaban J connectivity index is 1.58. The van der Waals surface area contributed by atoms with Crippen molar-refractivity contribution in [3.8, 4) is 0 Å². The number of rotatable bonds is 2. The number of hydrogen-bond acceptors (Lipinski definition) is 2. The Bertz CT molecular complexity index is 357. The molecular weight excluding hydrogens is 236 g/mol. The van der Waals surface area contributed by atoms with Crippen LogP contribution in [0, 0.1) is 29.6 Å². The van der Waals surface area contributed by atoms with Crippen molar-refractivity contribution in [1.82, 2.24) is 5.32 Å². The molecule has 0 radical (unpaired) electrons. The highest BCUT2D eigenvalue weighted by Gasteiger charge is 2.42. The molecular formula is C16H28N2O. The van der Waals surface area contributed by atoms with E-state index in [0.717, 1.165) is 24.7 Å². The van der Waals surface area contributed by atoms with Crippen molar-refractivity contribution < 1.29 is 4.79 Å². The van der Waals surface area contributed by atoms with Gasteiger partial charge in [-0.05, 0) is 55.8 Å². The third kappa shape index (κ3) is 2.54. The molecule has 0 aromatic carbocycles. The number of carbonyl (C=O) groups is 1. The minimum Gasteiger partial charge on any atom is -0.353 e. The van der Waals surface area contributed by atoms with Crippen LogP contribution in [0.1, 0.15) is 52.4 Å². The molecule has 0 aliphatic heterocycles. The summed E-state index contributed by atoms with van der Waals surface area (Å²) in [5.41, 5.74) is 6.16. The lowest BCUT2D eigenvalue weighted by molar-refractivity contribution is -0.129. The highest BCUT2D eigenvalue weighted by molar-refractivity contribution is 5.79. The number of amides is 1. The summed E-state index contributed by atoms with van der Waals surface area (Å²) in [4.78, 5) is 12.5. The van der Waals surface area contributed by atoms with Crippen LogP contribution in [0.25, 0.3) is 0 Å². The molecule has 108 valence electrons. The number of hydrogen-bond donors (Lipinski definition) is 2. The van der Waals surface area contributed by atoms with Crippen molar-refractivity contribution in [3.63, 3.8) is 0 Å². The van der Waals surface area contributed by atoms with Crippen molar-refractivity contribution in [2.75, 3.05) is 0 Å². The molecule has 0 saturated heterocycles. The third-order valence-electron chi connectivity index (χ3n) is 6.09. The van der Waals surface area contributed by atoms with Crippen LogP contribution in [0.4, 0.5) is 0 Å². The molecule has 0 aromatic rings. The van der Waals surface area contributed by atoms with Gasteiger partial charge in [-0.1, -0.05) is 20.3 Å². The lowest BCUT2D eigenvalue weighted by Gasteiger charge is -2.37. The molecule has 0 spiro atoms. The van der Waals surface area contributed by atoms with Gasteiger partial charge in [0.2, 0.25) is 5.91 Å². The smallest absolute Gasteiger partial charge is 0.223 e. The van der Waals surface area contributed by atoms with Crippen LogP contribution in [-0.4, -0.2) is 18.0 Å². The standard InChI is InChI=1S/C16H28N2O/c1-9-5-10(2)14(17)8-13(9)16(19)18-15-7-11-3-4-12(15)6-11/h9-15H,3-8,17H2,1-2H3,(H,18,19). The molecule has 0 heterocycles. The molecule has 3 rings (SSSR count). The van der Waals surface area contributed by atoms with Crippen molar-refractivity contribution >= 4 is 5.91 Å². The Labute approximate surface area is 116 Å². The summed E-state index contributed by atoms with van der Waals surface area (Å²) < 4.78 is 0. The van der Waals surface area contributed by atoms with Gasteiger partial charge < -0.3 is 11.1 Å². The fourth-order valence-electron chi connectivity index (χ4n) is 4.76. The number of nitrogens with one attached hydrogen (secondary N) is 1. The Morgan fingerprint density at radius 1 is 1.05 bits per heavy atom. The van der Waals surface area contributed by atoms with Crippen molar-refractivity contribution in [3.05, 3.63) is 0 Å². The topological polar surface area (TPSA) is 55.1 Å². The molecule has 3 aliphatic rings. The highest BCUT2D eigenvalue weighted by Crippen LogP contribution is 2.44. The van der Waals surface area contributed by atoms with Crippen LogP contribution in [-0.2, 0) is 4.79 Å². The van der Waals surface area contributed by atoms with Gasteiger partial charge in [-0.15, -0.1) is 0 Å². The van der Waals surface area contributed by atoms with E-state index in [1.54, 1.807) is 0 Å². The summed E-state index contributed by atoms with van der Waals surface area (Å²) in [7, 11) is 0. The maximum absolute atomic E-state index is 12.5. The lowest BCUT2D eigenvalue weighted by Crippen LogP contribution is -2.48. The zero-order valence-corrected chi connectivity index (χ0v) is 12.3. The van der Waals surface area contributed by atoms with E-state index in [-0.39, 0.29) is 17.9 Å². The summed E-state index contributed by atoms with van der Waals surface area (Å²) in [6, 6.07) is 0.668. The van der Waals surface area contributed by atoms with Crippen LogP contribution < -0.4 is 11.1 Å². The second kappa shape index (κ2) is 5.08. The quantitative estimate of drug-likeness (QED) is 0.804. The Kier molecular flexibility index (Phi) is 3.59. The molecule has 0 aromatic heterocycles. The summed E-state index contributed by atoms with van der Waals surface area (Å²) in [6.45, 7) is 4.43. The highest BCUT2D eigenvalue weighted by atomic mass is 16.2. The van der Waals surface area contributed by atoms with Gasteiger partial charge in [0.1, 0.15) is 0 Å². The fourth-order valence-corrected chi connectivity index (χ4v) is 4.76. The van der Waals surface area contributed by atoms with Gasteiger partial charge in [0.25, 0.3) is 0 Å². The predicted molar refractivity (Wildman–Crippen MR) is 76.4 cm³/mol. The van der Waals surface area contributed by atoms with E-state index in [0.29, 0.717) is 17.9 Å². The van der Waals surface area contributed by atoms with Gasteiger partial charge in [0, 0.05) is 18.0 Å². The second-order valence-electron chi connectivity index (χ2n) is 7.49. The van der Waals surface area contributed by atoms with E-state index in [1.807, 2.05) is 0 Å². The van der Waals surface area contributed by atoms with E-state index in [1.165, 1.54) is 25.7 Å². The maximum atomic E-state index is 12.5. The molecule has 2 bridgehead atoms. The molecule has 3 saturated carbocycles. The molecule has 3 heteroatoms. The maximum Gasteiger partial charge on any atom is 0.223 e. The molecule has 3 N–H and O–H groups in total. The molecule has 19 heavy (non-hydrogen) atoms. The van der Waals surface area contributed by atoms with E-state index in [4.69, 9.17) is 5.73 Å².